The molecule has 2 aliphatic rings. The lowest BCUT2D eigenvalue weighted by molar-refractivity contribution is -0.131. The molecule has 20 heavy (non-hydrogen) atoms. The summed E-state index contributed by atoms with van der Waals surface area (Å²) in [5, 5.41) is 0. The van der Waals surface area contributed by atoms with Crippen molar-refractivity contribution in [2.24, 2.45) is 10.8 Å². The third kappa shape index (κ3) is 4.29. The van der Waals surface area contributed by atoms with E-state index in [1.807, 2.05) is 20.8 Å². The largest absolute Gasteiger partial charge is 0.381 e. The molecule has 0 aromatic rings. The van der Waals surface area contributed by atoms with E-state index in [4.69, 9.17) is 4.74 Å². The Balaban J connectivity index is 2.02. The average molecular weight is 281 g/mol. The first kappa shape index (κ1) is 16.0. The SMILES string of the molecule is CC(C)(C)C(=O)CC1(CN2CCCCC2)CCOCC1. The minimum Gasteiger partial charge on any atom is -0.381 e. The molecule has 0 bridgehead atoms. The second-order valence-electron chi connectivity index (χ2n) is 7.80. The Morgan fingerprint density at radius 3 is 2.25 bits per heavy atom. The van der Waals surface area contributed by atoms with Crippen LogP contribution in [0.15, 0.2) is 0 Å². The monoisotopic (exact) mass is 281 g/mol. The zero-order valence-corrected chi connectivity index (χ0v) is 13.5. The highest BCUT2D eigenvalue weighted by Gasteiger charge is 2.39. The van der Waals surface area contributed by atoms with E-state index in [9.17, 15) is 4.79 Å². The summed E-state index contributed by atoms with van der Waals surface area (Å²) >= 11 is 0. The summed E-state index contributed by atoms with van der Waals surface area (Å²) in [6, 6.07) is 0. The van der Waals surface area contributed by atoms with Crippen LogP contribution in [0.5, 0.6) is 0 Å². The predicted molar refractivity (Wildman–Crippen MR) is 81.9 cm³/mol. The first-order valence-electron chi connectivity index (χ1n) is 8.25. The van der Waals surface area contributed by atoms with E-state index in [1.54, 1.807) is 0 Å². The molecule has 116 valence electrons. The summed E-state index contributed by atoms with van der Waals surface area (Å²) in [5.74, 6) is 0.413. The first-order valence-corrected chi connectivity index (χ1v) is 8.25. The topological polar surface area (TPSA) is 29.5 Å². The maximum absolute atomic E-state index is 12.5. The Bertz CT molecular complexity index is 320. The second kappa shape index (κ2) is 6.57. The van der Waals surface area contributed by atoms with Gasteiger partial charge in [-0.15, -0.1) is 0 Å². The Morgan fingerprint density at radius 2 is 1.70 bits per heavy atom. The number of hydrogen-bond donors (Lipinski definition) is 0. The van der Waals surface area contributed by atoms with Crippen molar-refractivity contribution in [1.29, 1.82) is 0 Å². The predicted octanol–water partition coefficient (Wildman–Crippen LogP) is 3.27. The van der Waals surface area contributed by atoms with Gasteiger partial charge in [-0.3, -0.25) is 4.79 Å². The van der Waals surface area contributed by atoms with Gasteiger partial charge in [-0.25, -0.2) is 0 Å². The molecule has 0 N–H and O–H groups in total. The van der Waals surface area contributed by atoms with E-state index in [1.165, 1.54) is 32.4 Å². The van der Waals surface area contributed by atoms with E-state index >= 15 is 0 Å². The summed E-state index contributed by atoms with van der Waals surface area (Å²) in [7, 11) is 0. The number of carbonyl (C=O) groups excluding carboxylic acids is 1. The number of likely N-dealkylation sites (tertiary alicyclic amines) is 1. The minimum atomic E-state index is -0.215. The molecule has 3 heteroatoms. The third-order valence-electron chi connectivity index (χ3n) is 4.93. The molecule has 0 radical (unpaired) electrons. The molecule has 2 heterocycles. The number of piperidine rings is 1. The molecule has 2 rings (SSSR count). The summed E-state index contributed by atoms with van der Waals surface area (Å²) in [4.78, 5) is 15.1. The Kier molecular flexibility index (Phi) is 5.25. The molecule has 2 saturated heterocycles. The number of hydrogen-bond acceptors (Lipinski definition) is 3. The number of ketones is 1. The van der Waals surface area contributed by atoms with E-state index in [0.29, 0.717) is 5.78 Å². The van der Waals surface area contributed by atoms with Crippen LogP contribution in [-0.4, -0.2) is 43.5 Å². The van der Waals surface area contributed by atoms with Crippen molar-refractivity contribution in [3.8, 4) is 0 Å². The van der Waals surface area contributed by atoms with Gasteiger partial charge in [0, 0.05) is 31.6 Å². The number of carbonyl (C=O) groups is 1. The van der Waals surface area contributed by atoms with E-state index in [2.05, 4.69) is 4.90 Å². The number of Topliss-reactive ketones (excluding diaryl/α,β-unsaturated/α-hetero) is 1. The van der Waals surface area contributed by atoms with Crippen molar-refractivity contribution in [1.82, 2.24) is 4.90 Å². The lowest BCUT2D eigenvalue weighted by Crippen LogP contribution is -2.45. The lowest BCUT2D eigenvalue weighted by atomic mass is 9.71. The van der Waals surface area contributed by atoms with E-state index in [-0.39, 0.29) is 10.8 Å². The highest BCUT2D eigenvalue weighted by molar-refractivity contribution is 5.84. The summed E-state index contributed by atoms with van der Waals surface area (Å²) in [5.41, 5.74) is -0.0485. The van der Waals surface area contributed by atoms with Gasteiger partial charge in [0.25, 0.3) is 0 Å². The Hall–Kier alpha value is -0.410. The molecule has 0 spiro atoms. The van der Waals surface area contributed by atoms with Crippen LogP contribution in [0, 0.1) is 10.8 Å². The van der Waals surface area contributed by atoms with Crippen molar-refractivity contribution in [3.05, 3.63) is 0 Å². The van der Waals surface area contributed by atoms with E-state index < -0.39 is 0 Å². The van der Waals surface area contributed by atoms with Gasteiger partial charge in [0.1, 0.15) is 5.78 Å². The molecule has 0 saturated carbocycles. The normalized spacial score (nSPS) is 24.6. The van der Waals surface area contributed by atoms with Gasteiger partial charge in [0.15, 0.2) is 0 Å². The van der Waals surface area contributed by atoms with Gasteiger partial charge in [-0.1, -0.05) is 27.2 Å². The minimum absolute atomic E-state index is 0.167. The number of nitrogens with zero attached hydrogens (tertiary/aromatic N) is 1. The molecule has 0 aromatic heterocycles. The third-order valence-corrected chi connectivity index (χ3v) is 4.93. The fourth-order valence-electron chi connectivity index (χ4n) is 3.39. The quantitative estimate of drug-likeness (QED) is 0.792. The maximum atomic E-state index is 12.5. The van der Waals surface area contributed by atoms with Gasteiger partial charge in [-0.2, -0.15) is 0 Å². The zero-order chi connectivity index (χ0) is 14.6. The lowest BCUT2D eigenvalue weighted by Gasteiger charge is -2.42. The van der Waals surface area contributed by atoms with Crippen LogP contribution < -0.4 is 0 Å². The van der Waals surface area contributed by atoms with Crippen LogP contribution in [0.1, 0.15) is 59.3 Å². The van der Waals surface area contributed by atoms with E-state index in [0.717, 1.165) is 39.0 Å². The van der Waals surface area contributed by atoms with Crippen molar-refractivity contribution in [2.45, 2.75) is 59.3 Å². The Labute approximate surface area is 124 Å². The van der Waals surface area contributed by atoms with Crippen LogP contribution in [0.4, 0.5) is 0 Å². The highest BCUT2D eigenvalue weighted by atomic mass is 16.5. The van der Waals surface area contributed by atoms with Crippen LogP contribution in [0.25, 0.3) is 0 Å². The van der Waals surface area contributed by atoms with Crippen LogP contribution in [0.2, 0.25) is 0 Å². The number of ether oxygens (including phenoxy) is 1. The second-order valence-corrected chi connectivity index (χ2v) is 7.80. The van der Waals surface area contributed by atoms with Crippen molar-refractivity contribution in [3.63, 3.8) is 0 Å². The van der Waals surface area contributed by atoms with Crippen molar-refractivity contribution >= 4 is 5.78 Å². The summed E-state index contributed by atoms with van der Waals surface area (Å²) in [6.07, 6.45) is 6.83. The Morgan fingerprint density at radius 1 is 1.10 bits per heavy atom. The fourth-order valence-corrected chi connectivity index (χ4v) is 3.39. The highest BCUT2D eigenvalue weighted by Crippen LogP contribution is 2.38. The standard InChI is InChI=1S/C17H31NO2/c1-16(2,3)15(19)13-17(7-11-20-12-8-17)14-18-9-5-4-6-10-18/h4-14H2,1-3H3. The summed E-state index contributed by atoms with van der Waals surface area (Å²) < 4.78 is 5.55. The summed E-state index contributed by atoms with van der Waals surface area (Å²) in [6.45, 7) is 11.3. The molecule has 0 unspecified atom stereocenters. The molecule has 0 aliphatic carbocycles. The van der Waals surface area contributed by atoms with Gasteiger partial charge in [0.05, 0.1) is 0 Å². The van der Waals surface area contributed by atoms with Crippen LogP contribution >= 0.6 is 0 Å². The first-order chi connectivity index (χ1) is 9.41. The molecule has 3 nitrogen and oxygen atoms in total. The van der Waals surface area contributed by atoms with Crippen LogP contribution in [-0.2, 0) is 9.53 Å². The van der Waals surface area contributed by atoms with Crippen molar-refractivity contribution in [2.75, 3.05) is 32.8 Å². The average Bonchev–Trinajstić information content (AvgIpc) is 2.39. The molecule has 2 fully saturated rings. The van der Waals surface area contributed by atoms with Crippen LogP contribution in [0.3, 0.4) is 0 Å². The van der Waals surface area contributed by atoms with Crippen molar-refractivity contribution < 1.29 is 9.53 Å². The number of rotatable bonds is 4. The zero-order valence-electron chi connectivity index (χ0n) is 13.5. The molecule has 0 amide bonds. The molecular formula is C17H31NO2. The van der Waals surface area contributed by atoms with Gasteiger partial charge < -0.3 is 9.64 Å². The molecular weight excluding hydrogens is 250 g/mol. The fraction of sp³-hybridized carbons (Fsp3) is 0.941. The molecule has 2 aliphatic heterocycles. The van der Waals surface area contributed by atoms with Gasteiger partial charge in [-0.05, 0) is 44.2 Å². The molecule has 0 atom stereocenters. The smallest absolute Gasteiger partial charge is 0.138 e. The van der Waals surface area contributed by atoms with Gasteiger partial charge >= 0.3 is 0 Å². The maximum Gasteiger partial charge on any atom is 0.138 e. The molecule has 0 aromatic carbocycles. The van der Waals surface area contributed by atoms with Gasteiger partial charge in [0.2, 0.25) is 0 Å².